The van der Waals surface area contributed by atoms with Gasteiger partial charge in [0.15, 0.2) is 6.29 Å². The lowest BCUT2D eigenvalue weighted by Crippen LogP contribution is -2.60. The second kappa shape index (κ2) is 39.0. The second-order valence-electron chi connectivity index (χ2n) is 17.2. The Kier molecular flexibility index (Phi) is 36.6. The van der Waals surface area contributed by atoms with Crippen LogP contribution in [-0.4, -0.2) is 110 Å². The summed E-state index contributed by atoms with van der Waals surface area (Å²) >= 11 is 0. The first kappa shape index (κ1) is 56.3. The molecule has 1 saturated heterocycles. The van der Waals surface area contributed by atoms with E-state index in [4.69, 9.17) is 9.47 Å². The van der Waals surface area contributed by atoms with Gasteiger partial charge >= 0.3 is 0 Å². The average Bonchev–Trinajstić information content (AvgIpc) is 3.25. The van der Waals surface area contributed by atoms with Crippen molar-refractivity contribution in [3.05, 3.63) is 36.5 Å². The zero-order valence-corrected chi connectivity index (χ0v) is 37.9. The molecule has 1 aliphatic rings. The molecule has 0 aliphatic carbocycles. The van der Waals surface area contributed by atoms with Gasteiger partial charge in [0.05, 0.1) is 25.4 Å². The van der Waals surface area contributed by atoms with Crippen LogP contribution in [0.3, 0.4) is 0 Å². The molecule has 0 saturated carbocycles. The Hall–Kier alpha value is -1.67. The number of carbonyl (C=O) groups excluding carboxylic acids is 1. The molecule has 1 rings (SSSR count). The highest BCUT2D eigenvalue weighted by atomic mass is 16.7. The Labute approximate surface area is 365 Å². The van der Waals surface area contributed by atoms with Crippen LogP contribution in [0.15, 0.2) is 36.5 Å². The van der Waals surface area contributed by atoms with E-state index < -0.39 is 74.2 Å². The molecule has 352 valence electrons. The number of aliphatic hydroxyl groups excluding tert-OH is 7. The predicted molar refractivity (Wildman–Crippen MR) is 242 cm³/mol. The van der Waals surface area contributed by atoms with Crippen LogP contribution in [0.2, 0.25) is 0 Å². The first-order chi connectivity index (χ1) is 29.2. The minimum Gasteiger partial charge on any atom is -0.394 e. The minimum atomic E-state index is -1.67. The number of carbonyl (C=O) groups is 1. The molecule has 11 nitrogen and oxygen atoms in total. The number of allylic oxidation sites excluding steroid dienone is 6. The van der Waals surface area contributed by atoms with Crippen molar-refractivity contribution >= 4 is 5.91 Å². The van der Waals surface area contributed by atoms with Crippen molar-refractivity contribution in [2.75, 3.05) is 13.2 Å². The Morgan fingerprint density at radius 1 is 0.567 bits per heavy atom. The van der Waals surface area contributed by atoms with Gasteiger partial charge in [-0.3, -0.25) is 4.79 Å². The van der Waals surface area contributed by atoms with Crippen LogP contribution in [0.5, 0.6) is 0 Å². The van der Waals surface area contributed by atoms with Gasteiger partial charge in [0, 0.05) is 0 Å². The van der Waals surface area contributed by atoms with Gasteiger partial charge in [-0.2, -0.15) is 0 Å². The fourth-order valence-corrected chi connectivity index (χ4v) is 7.57. The Balaban J connectivity index is 2.43. The highest BCUT2D eigenvalue weighted by Gasteiger charge is 2.44. The van der Waals surface area contributed by atoms with Crippen molar-refractivity contribution in [3.63, 3.8) is 0 Å². The predicted octanol–water partition coefficient (Wildman–Crippen LogP) is 8.39. The van der Waals surface area contributed by atoms with E-state index in [1.165, 1.54) is 96.3 Å². The molecule has 8 N–H and O–H groups in total. The number of nitrogens with one attached hydrogen (secondary N) is 1. The molecule has 9 atom stereocenters. The van der Waals surface area contributed by atoms with Crippen LogP contribution < -0.4 is 5.32 Å². The fourth-order valence-electron chi connectivity index (χ4n) is 7.57. The number of hydrogen-bond acceptors (Lipinski definition) is 10. The van der Waals surface area contributed by atoms with Crippen LogP contribution in [0.1, 0.15) is 200 Å². The highest BCUT2D eigenvalue weighted by molar-refractivity contribution is 5.80. The van der Waals surface area contributed by atoms with Crippen molar-refractivity contribution in [2.45, 2.75) is 255 Å². The molecule has 0 spiro atoms. The molecule has 1 amide bonds. The van der Waals surface area contributed by atoms with Gasteiger partial charge in [0.25, 0.3) is 0 Å². The summed E-state index contributed by atoms with van der Waals surface area (Å²) in [5.74, 6) is -0.716. The number of unbranched alkanes of at least 4 members (excludes halogenated alkanes) is 22. The van der Waals surface area contributed by atoms with Crippen LogP contribution in [0.4, 0.5) is 0 Å². The van der Waals surface area contributed by atoms with Gasteiger partial charge < -0.3 is 50.5 Å². The molecular formula is C49H91NO10. The van der Waals surface area contributed by atoms with E-state index >= 15 is 0 Å². The number of amides is 1. The first-order valence-corrected chi connectivity index (χ1v) is 24.4. The van der Waals surface area contributed by atoms with Crippen molar-refractivity contribution in [2.24, 2.45) is 0 Å². The molecule has 0 aromatic rings. The Morgan fingerprint density at radius 2 is 1.00 bits per heavy atom. The summed E-state index contributed by atoms with van der Waals surface area (Å²) in [7, 11) is 0. The summed E-state index contributed by atoms with van der Waals surface area (Å²) in [6.07, 6.45) is 33.4. The third-order valence-corrected chi connectivity index (χ3v) is 11.6. The third-order valence-electron chi connectivity index (χ3n) is 11.6. The van der Waals surface area contributed by atoms with E-state index in [0.29, 0.717) is 19.3 Å². The molecule has 0 bridgehead atoms. The smallest absolute Gasteiger partial charge is 0.249 e. The molecule has 9 unspecified atom stereocenters. The van der Waals surface area contributed by atoms with Gasteiger partial charge in [0.1, 0.15) is 36.6 Å². The number of ether oxygens (including phenoxy) is 2. The summed E-state index contributed by atoms with van der Waals surface area (Å²) < 4.78 is 11.1. The number of aliphatic hydroxyl groups is 7. The lowest BCUT2D eigenvalue weighted by molar-refractivity contribution is -0.303. The van der Waals surface area contributed by atoms with Crippen molar-refractivity contribution < 1.29 is 50.0 Å². The van der Waals surface area contributed by atoms with E-state index in [-0.39, 0.29) is 12.8 Å². The van der Waals surface area contributed by atoms with E-state index in [1.807, 2.05) is 0 Å². The zero-order valence-electron chi connectivity index (χ0n) is 37.9. The van der Waals surface area contributed by atoms with Gasteiger partial charge in [-0.05, 0) is 77.0 Å². The van der Waals surface area contributed by atoms with E-state index in [0.717, 1.165) is 57.8 Å². The topological polar surface area (TPSA) is 189 Å². The standard InChI is InChI=1S/C49H91NO10/c1-3-5-7-9-11-13-15-17-18-19-20-21-22-23-25-27-29-31-33-35-37-42(53)48(58)50-40(39-59-49-47(57)46(56)45(55)43(38-51)60-49)44(54)41(52)36-34-32-30-28-26-24-16-14-12-10-8-6-4-2/h14,16,21-22,28,30,40-47,49,51-57H,3-13,15,17-20,23-27,29,31-39H2,1-2H3,(H,50,58)/b16-14+,22-21-,30-28+. The third kappa shape index (κ3) is 28.1. The van der Waals surface area contributed by atoms with E-state index in [9.17, 15) is 40.5 Å². The number of rotatable bonds is 40. The molecule has 11 heteroatoms. The van der Waals surface area contributed by atoms with Gasteiger partial charge in [-0.15, -0.1) is 0 Å². The largest absolute Gasteiger partial charge is 0.394 e. The summed E-state index contributed by atoms with van der Waals surface area (Å²) in [6.45, 7) is 3.39. The second-order valence-corrected chi connectivity index (χ2v) is 17.2. The van der Waals surface area contributed by atoms with Crippen LogP contribution >= 0.6 is 0 Å². The minimum absolute atomic E-state index is 0.244. The molecule has 1 heterocycles. The highest BCUT2D eigenvalue weighted by Crippen LogP contribution is 2.23. The quantitative estimate of drug-likeness (QED) is 0.0220. The van der Waals surface area contributed by atoms with Crippen molar-refractivity contribution in [1.29, 1.82) is 0 Å². The van der Waals surface area contributed by atoms with E-state index in [1.54, 1.807) is 0 Å². The normalized spacial score (nSPS) is 21.9. The molecular weight excluding hydrogens is 763 g/mol. The lowest BCUT2D eigenvalue weighted by atomic mass is 9.98. The monoisotopic (exact) mass is 854 g/mol. The van der Waals surface area contributed by atoms with Crippen molar-refractivity contribution in [1.82, 2.24) is 5.32 Å². The summed E-state index contributed by atoms with van der Waals surface area (Å²) in [5, 5.41) is 75.6. The molecule has 1 aliphatic heterocycles. The maximum Gasteiger partial charge on any atom is 0.249 e. The molecule has 0 aromatic heterocycles. The van der Waals surface area contributed by atoms with Crippen molar-refractivity contribution in [3.8, 4) is 0 Å². The molecule has 0 aromatic carbocycles. The summed E-state index contributed by atoms with van der Waals surface area (Å²) in [6, 6.07) is -1.19. The van der Waals surface area contributed by atoms with Crippen LogP contribution in [-0.2, 0) is 14.3 Å². The molecule has 1 fully saturated rings. The van der Waals surface area contributed by atoms with Crippen LogP contribution in [0.25, 0.3) is 0 Å². The molecule has 60 heavy (non-hydrogen) atoms. The summed E-state index contributed by atoms with van der Waals surface area (Å²) in [4.78, 5) is 13.1. The first-order valence-electron chi connectivity index (χ1n) is 24.4. The average molecular weight is 854 g/mol. The number of hydrogen-bond donors (Lipinski definition) is 8. The Morgan fingerprint density at radius 3 is 1.50 bits per heavy atom. The van der Waals surface area contributed by atoms with Gasteiger partial charge in [-0.25, -0.2) is 0 Å². The van der Waals surface area contributed by atoms with E-state index in [2.05, 4.69) is 55.6 Å². The van der Waals surface area contributed by atoms with Gasteiger partial charge in [0.2, 0.25) is 5.91 Å². The maximum atomic E-state index is 13.1. The van der Waals surface area contributed by atoms with Crippen LogP contribution in [0, 0.1) is 0 Å². The Bertz CT molecular complexity index is 1070. The fraction of sp³-hybridized carbons (Fsp3) is 0.857. The summed E-state index contributed by atoms with van der Waals surface area (Å²) in [5.41, 5.74) is 0. The maximum absolute atomic E-state index is 13.1. The zero-order chi connectivity index (χ0) is 44.1. The lowest BCUT2D eigenvalue weighted by Gasteiger charge is -2.40. The molecule has 0 radical (unpaired) electrons. The SMILES string of the molecule is CCCCCC/C=C/CC/C=C/CCCC(O)C(O)C(COC1OC(CO)C(O)C(O)C1O)NC(=O)C(O)CCCCCCCC/C=C\CCCCCCCCCCCC. The van der Waals surface area contributed by atoms with Gasteiger partial charge in [-0.1, -0.05) is 159 Å².